The maximum Gasteiger partial charge on any atom is 0.291 e. The topological polar surface area (TPSA) is 132 Å². The first-order valence-corrected chi connectivity index (χ1v) is 11.2. The molecule has 0 saturated heterocycles. The van der Waals surface area contributed by atoms with Gasteiger partial charge in [0.15, 0.2) is 11.6 Å². The van der Waals surface area contributed by atoms with E-state index in [9.17, 15) is 13.2 Å². The number of benzene rings is 1. The summed E-state index contributed by atoms with van der Waals surface area (Å²) in [5.41, 5.74) is 2.32. The molecule has 0 unspecified atom stereocenters. The number of aryl methyl sites for hydroxylation is 3. The fourth-order valence-electron chi connectivity index (χ4n) is 3.09. The van der Waals surface area contributed by atoms with Crippen LogP contribution in [0.4, 0.5) is 11.5 Å². The number of nitrogens with zero attached hydrogens (tertiary/aromatic N) is 3. The second-order valence-electron chi connectivity index (χ2n) is 7.26. The number of carbonyl (C=O) groups excluding carboxylic acids is 1. The highest BCUT2D eigenvalue weighted by molar-refractivity contribution is 7.92. The number of rotatable bonds is 7. The Balaban J connectivity index is 1.40. The molecule has 4 rings (SSSR count). The molecule has 0 aliphatic carbocycles. The van der Waals surface area contributed by atoms with Crippen LogP contribution in [0.3, 0.4) is 0 Å². The van der Waals surface area contributed by atoms with Gasteiger partial charge >= 0.3 is 0 Å². The highest BCUT2D eigenvalue weighted by Crippen LogP contribution is 2.19. The van der Waals surface area contributed by atoms with E-state index in [4.69, 9.17) is 8.94 Å². The summed E-state index contributed by atoms with van der Waals surface area (Å²) in [6, 6.07) is 12.5. The Kier molecular flexibility index (Phi) is 5.57. The van der Waals surface area contributed by atoms with Crippen molar-refractivity contribution in [2.75, 3.05) is 10.0 Å². The molecular weight excluding hydrogens is 434 g/mol. The van der Waals surface area contributed by atoms with Crippen molar-refractivity contribution in [2.24, 2.45) is 0 Å². The number of furan rings is 1. The van der Waals surface area contributed by atoms with Crippen LogP contribution in [0, 0.1) is 20.8 Å². The van der Waals surface area contributed by atoms with E-state index in [0.29, 0.717) is 23.8 Å². The molecule has 166 valence electrons. The van der Waals surface area contributed by atoms with E-state index in [2.05, 4.69) is 20.3 Å². The van der Waals surface area contributed by atoms with Crippen molar-refractivity contribution in [3.05, 3.63) is 77.2 Å². The minimum atomic E-state index is -3.84. The fourth-order valence-corrected chi connectivity index (χ4v) is 4.07. The maximum absolute atomic E-state index is 12.5. The van der Waals surface area contributed by atoms with Crippen LogP contribution in [0.25, 0.3) is 0 Å². The predicted molar refractivity (Wildman–Crippen MR) is 116 cm³/mol. The van der Waals surface area contributed by atoms with Gasteiger partial charge in [-0.3, -0.25) is 14.2 Å². The molecule has 1 amide bonds. The minimum Gasteiger partial charge on any atom is -0.454 e. The van der Waals surface area contributed by atoms with Crippen LogP contribution in [-0.2, 0) is 16.6 Å². The molecular formula is C21H21N5O5S. The van der Waals surface area contributed by atoms with E-state index in [-0.39, 0.29) is 16.5 Å². The summed E-state index contributed by atoms with van der Waals surface area (Å²) < 4.78 is 39.5. The SMILES string of the molecule is Cc1cc(C)n(Cc2ccc(C(=O)Nc3ccc(S(=O)(=O)Nc4cc(C)on4)cc3)o2)n1. The van der Waals surface area contributed by atoms with Crippen LogP contribution in [0.5, 0.6) is 0 Å². The van der Waals surface area contributed by atoms with Crippen LogP contribution in [0.15, 0.2) is 62.4 Å². The predicted octanol–water partition coefficient (Wildman–Crippen LogP) is 3.49. The third-order valence-corrected chi connectivity index (χ3v) is 5.95. The van der Waals surface area contributed by atoms with E-state index < -0.39 is 15.9 Å². The van der Waals surface area contributed by atoms with E-state index >= 15 is 0 Å². The maximum atomic E-state index is 12.5. The number of amides is 1. The van der Waals surface area contributed by atoms with Gasteiger partial charge in [0.05, 0.1) is 17.1 Å². The number of anilines is 2. The molecule has 3 aromatic heterocycles. The first-order chi connectivity index (χ1) is 15.2. The van der Waals surface area contributed by atoms with Crippen molar-refractivity contribution in [3.63, 3.8) is 0 Å². The molecule has 0 aliphatic rings. The van der Waals surface area contributed by atoms with Crippen molar-refractivity contribution < 1.29 is 22.2 Å². The molecule has 0 atom stereocenters. The Morgan fingerprint density at radius 1 is 1.06 bits per heavy atom. The van der Waals surface area contributed by atoms with Gasteiger partial charge in [0, 0.05) is 17.4 Å². The van der Waals surface area contributed by atoms with E-state index in [0.717, 1.165) is 11.4 Å². The lowest BCUT2D eigenvalue weighted by atomic mass is 10.3. The molecule has 0 aliphatic heterocycles. The van der Waals surface area contributed by atoms with Gasteiger partial charge in [0.25, 0.3) is 15.9 Å². The Labute approximate surface area is 184 Å². The van der Waals surface area contributed by atoms with Gasteiger partial charge in [0.1, 0.15) is 11.5 Å². The van der Waals surface area contributed by atoms with Crippen molar-refractivity contribution in [3.8, 4) is 0 Å². The zero-order valence-electron chi connectivity index (χ0n) is 17.6. The van der Waals surface area contributed by atoms with Crippen LogP contribution in [0.2, 0.25) is 0 Å². The normalized spacial score (nSPS) is 11.5. The van der Waals surface area contributed by atoms with E-state index in [1.54, 1.807) is 23.7 Å². The van der Waals surface area contributed by atoms with Crippen LogP contribution < -0.4 is 10.0 Å². The molecule has 32 heavy (non-hydrogen) atoms. The Morgan fingerprint density at radius 3 is 2.44 bits per heavy atom. The summed E-state index contributed by atoms with van der Waals surface area (Å²) in [5, 5.41) is 10.7. The average Bonchev–Trinajstić information content (AvgIpc) is 3.43. The van der Waals surface area contributed by atoms with Crippen LogP contribution >= 0.6 is 0 Å². The van der Waals surface area contributed by atoms with E-state index in [1.807, 2.05) is 19.9 Å². The summed E-state index contributed by atoms with van der Waals surface area (Å²) in [6.07, 6.45) is 0. The van der Waals surface area contributed by atoms with E-state index in [1.165, 1.54) is 30.3 Å². The van der Waals surface area contributed by atoms with Crippen molar-refractivity contribution >= 4 is 27.4 Å². The smallest absolute Gasteiger partial charge is 0.291 e. The summed E-state index contributed by atoms with van der Waals surface area (Å²) in [6.45, 7) is 5.93. The zero-order chi connectivity index (χ0) is 22.9. The first-order valence-electron chi connectivity index (χ1n) is 9.67. The summed E-state index contributed by atoms with van der Waals surface area (Å²) in [7, 11) is -3.84. The molecule has 11 heteroatoms. The number of hydrogen-bond donors (Lipinski definition) is 2. The van der Waals surface area contributed by atoms with Gasteiger partial charge in [0.2, 0.25) is 0 Å². The first kappa shape index (κ1) is 21.4. The Hall–Kier alpha value is -3.86. The summed E-state index contributed by atoms with van der Waals surface area (Å²) in [4.78, 5) is 12.5. The minimum absolute atomic E-state index is 0.0151. The quantitative estimate of drug-likeness (QED) is 0.436. The molecule has 2 N–H and O–H groups in total. The molecule has 0 fully saturated rings. The van der Waals surface area contributed by atoms with Crippen molar-refractivity contribution in [1.29, 1.82) is 0 Å². The third kappa shape index (κ3) is 4.72. The third-order valence-electron chi connectivity index (χ3n) is 4.58. The van der Waals surface area contributed by atoms with Crippen LogP contribution in [-0.4, -0.2) is 29.3 Å². The summed E-state index contributed by atoms with van der Waals surface area (Å²) in [5.74, 6) is 0.861. The van der Waals surface area contributed by atoms with Gasteiger partial charge in [-0.05, 0) is 63.2 Å². The van der Waals surface area contributed by atoms with Gasteiger partial charge in [-0.2, -0.15) is 5.10 Å². The van der Waals surface area contributed by atoms with Crippen molar-refractivity contribution in [1.82, 2.24) is 14.9 Å². The fraction of sp³-hybridized carbons (Fsp3) is 0.190. The van der Waals surface area contributed by atoms with Gasteiger partial charge in [-0.15, -0.1) is 0 Å². The molecule has 10 nitrogen and oxygen atoms in total. The number of carbonyl (C=O) groups is 1. The van der Waals surface area contributed by atoms with Crippen LogP contribution in [0.1, 0.15) is 33.5 Å². The number of hydrogen-bond acceptors (Lipinski definition) is 7. The highest BCUT2D eigenvalue weighted by Gasteiger charge is 2.17. The van der Waals surface area contributed by atoms with Gasteiger partial charge in [-0.1, -0.05) is 5.16 Å². The number of nitrogens with one attached hydrogen (secondary N) is 2. The standard InChI is InChI=1S/C21H21N5O5S/c1-13-10-14(2)26(23-13)12-17-6-9-19(30-17)21(27)22-16-4-7-18(8-5-16)32(28,29)25-20-11-15(3)31-24-20/h4-11H,12H2,1-3H3,(H,22,27)(H,24,25). The molecule has 1 aromatic carbocycles. The largest absolute Gasteiger partial charge is 0.454 e. The molecule has 3 heterocycles. The molecule has 0 saturated carbocycles. The summed E-state index contributed by atoms with van der Waals surface area (Å²) >= 11 is 0. The number of sulfonamides is 1. The van der Waals surface area contributed by atoms with Gasteiger partial charge in [-0.25, -0.2) is 8.42 Å². The molecule has 0 radical (unpaired) electrons. The lowest BCUT2D eigenvalue weighted by molar-refractivity contribution is 0.0994. The van der Waals surface area contributed by atoms with Crippen molar-refractivity contribution in [2.45, 2.75) is 32.2 Å². The van der Waals surface area contributed by atoms with Gasteiger partial charge < -0.3 is 14.3 Å². The molecule has 0 bridgehead atoms. The Bertz CT molecular complexity index is 1370. The lowest BCUT2D eigenvalue weighted by Crippen LogP contribution is -2.14. The molecule has 4 aromatic rings. The monoisotopic (exact) mass is 455 g/mol. The second kappa shape index (κ2) is 8.35. The Morgan fingerprint density at radius 2 is 1.81 bits per heavy atom. The second-order valence-corrected chi connectivity index (χ2v) is 8.94. The highest BCUT2D eigenvalue weighted by atomic mass is 32.2. The zero-order valence-corrected chi connectivity index (χ0v) is 18.4. The number of aromatic nitrogens is 3. The molecule has 0 spiro atoms. The lowest BCUT2D eigenvalue weighted by Gasteiger charge is -2.07. The average molecular weight is 455 g/mol.